The Labute approximate surface area is 124 Å². The number of hydrogen-bond acceptors (Lipinski definition) is 1. The van der Waals surface area contributed by atoms with E-state index in [2.05, 4.69) is 30.4 Å². The van der Waals surface area contributed by atoms with Crippen molar-refractivity contribution in [2.24, 2.45) is 0 Å². The zero-order chi connectivity index (χ0) is 13.7. The Hall–Kier alpha value is -1.02. The Morgan fingerprint density at radius 2 is 1.74 bits per heavy atom. The van der Waals surface area contributed by atoms with E-state index < -0.39 is 0 Å². The van der Waals surface area contributed by atoms with Crippen LogP contribution in [0.25, 0.3) is 0 Å². The summed E-state index contributed by atoms with van der Waals surface area (Å²) in [4.78, 5) is 0. The molecule has 1 nitrogen and oxygen atoms in total. The van der Waals surface area contributed by atoms with Gasteiger partial charge in [-0.2, -0.15) is 0 Å². The highest BCUT2D eigenvalue weighted by Crippen LogP contribution is 2.17. The highest BCUT2D eigenvalue weighted by atomic mass is 35.5. The Balaban J connectivity index is 1.84. The summed E-state index contributed by atoms with van der Waals surface area (Å²) in [6, 6.07) is 16.2. The van der Waals surface area contributed by atoms with Crippen LogP contribution in [0.1, 0.15) is 24.1 Å². The quantitative estimate of drug-likeness (QED) is 0.828. The molecule has 0 bridgehead atoms. The number of benzene rings is 2. The first-order valence-corrected chi connectivity index (χ1v) is 7.14. The molecule has 0 fully saturated rings. The van der Waals surface area contributed by atoms with Crippen LogP contribution in [0.3, 0.4) is 0 Å². The molecule has 2 aromatic rings. The number of hydrogen-bond donors (Lipinski definition) is 1. The Morgan fingerprint density at radius 1 is 1.00 bits per heavy atom. The summed E-state index contributed by atoms with van der Waals surface area (Å²) in [5.41, 5.74) is 2.50. The van der Waals surface area contributed by atoms with Gasteiger partial charge in [-0.15, -0.1) is 0 Å². The maximum atomic E-state index is 5.99. The highest BCUT2D eigenvalue weighted by Gasteiger charge is 2.04. The van der Waals surface area contributed by atoms with E-state index in [9.17, 15) is 0 Å². The minimum absolute atomic E-state index is 0.297. The molecule has 2 aromatic carbocycles. The Morgan fingerprint density at radius 3 is 2.42 bits per heavy atom. The Kier molecular flexibility index (Phi) is 5.26. The van der Waals surface area contributed by atoms with Crippen molar-refractivity contribution in [2.75, 3.05) is 6.54 Å². The lowest BCUT2D eigenvalue weighted by Gasteiger charge is -2.14. The van der Waals surface area contributed by atoms with Gasteiger partial charge in [0.1, 0.15) is 0 Å². The van der Waals surface area contributed by atoms with E-state index in [1.165, 1.54) is 11.1 Å². The van der Waals surface area contributed by atoms with Gasteiger partial charge in [-0.3, -0.25) is 0 Å². The zero-order valence-electron chi connectivity index (χ0n) is 10.9. The SMILES string of the molecule is CC(NCCc1ccc(Cl)cc1)c1cccc(Cl)c1. The second-order valence-electron chi connectivity index (χ2n) is 4.61. The fourth-order valence-corrected chi connectivity index (χ4v) is 2.30. The van der Waals surface area contributed by atoms with E-state index in [0.29, 0.717) is 6.04 Å². The summed E-state index contributed by atoms with van der Waals surface area (Å²) < 4.78 is 0. The maximum Gasteiger partial charge on any atom is 0.0409 e. The maximum absolute atomic E-state index is 5.99. The lowest BCUT2D eigenvalue weighted by Crippen LogP contribution is -2.21. The van der Waals surface area contributed by atoms with Crippen molar-refractivity contribution in [2.45, 2.75) is 19.4 Å². The van der Waals surface area contributed by atoms with Crippen LogP contribution in [0.5, 0.6) is 0 Å². The average Bonchev–Trinajstić information content (AvgIpc) is 2.41. The van der Waals surface area contributed by atoms with Crippen molar-refractivity contribution in [3.8, 4) is 0 Å². The van der Waals surface area contributed by atoms with E-state index in [4.69, 9.17) is 23.2 Å². The minimum atomic E-state index is 0.297. The van der Waals surface area contributed by atoms with E-state index in [1.54, 1.807) is 0 Å². The van der Waals surface area contributed by atoms with Crippen molar-refractivity contribution >= 4 is 23.2 Å². The summed E-state index contributed by atoms with van der Waals surface area (Å²) in [7, 11) is 0. The van der Waals surface area contributed by atoms with Crippen LogP contribution >= 0.6 is 23.2 Å². The number of nitrogens with one attached hydrogen (secondary N) is 1. The second kappa shape index (κ2) is 6.95. The van der Waals surface area contributed by atoms with Crippen LogP contribution in [0.2, 0.25) is 10.0 Å². The lowest BCUT2D eigenvalue weighted by molar-refractivity contribution is 0.577. The van der Waals surface area contributed by atoms with Gasteiger partial charge in [0.15, 0.2) is 0 Å². The summed E-state index contributed by atoms with van der Waals surface area (Å²) in [5.74, 6) is 0. The predicted octanol–water partition coefficient (Wildman–Crippen LogP) is 4.89. The van der Waals surface area contributed by atoms with Gasteiger partial charge in [-0.05, 0) is 55.3 Å². The number of halogens is 2. The van der Waals surface area contributed by atoms with Crippen molar-refractivity contribution in [3.63, 3.8) is 0 Å². The molecule has 3 heteroatoms. The molecule has 2 rings (SSSR count). The van der Waals surface area contributed by atoms with Gasteiger partial charge in [0.05, 0.1) is 0 Å². The van der Waals surface area contributed by atoms with Crippen molar-refractivity contribution in [1.82, 2.24) is 5.32 Å². The molecule has 0 aliphatic rings. The fourth-order valence-electron chi connectivity index (χ4n) is 1.98. The van der Waals surface area contributed by atoms with Crippen LogP contribution in [0, 0.1) is 0 Å². The minimum Gasteiger partial charge on any atom is -0.310 e. The predicted molar refractivity (Wildman–Crippen MR) is 83.0 cm³/mol. The smallest absolute Gasteiger partial charge is 0.0409 e. The molecule has 100 valence electrons. The molecule has 19 heavy (non-hydrogen) atoms. The van der Waals surface area contributed by atoms with Crippen molar-refractivity contribution in [3.05, 3.63) is 69.7 Å². The summed E-state index contributed by atoms with van der Waals surface area (Å²) in [6.45, 7) is 3.07. The molecule has 1 atom stereocenters. The molecule has 1 N–H and O–H groups in total. The van der Waals surface area contributed by atoms with Gasteiger partial charge < -0.3 is 5.32 Å². The topological polar surface area (TPSA) is 12.0 Å². The van der Waals surface area contributed by atoms with Crippen LogP contribution in [0.15, 0.2) is 48.5 Å². The highest BCUT2D eigenvalue weighted by molar-refractivity contribution is 6.30. The first-order valence-electron chi connectivity index (χ1n) is 6.38. The first kappa shape index (κ1) is 14.4. The molecule has 0 spiro atoms. The van der Waals surface area contributed by atoms with Crippen molar-refractivity contribution < 1.29 is 0 Å². The molecule has 0 heterocycles. The second-order valence-corrected chi connectivity index (χ2v) is 5.48. The number of rotatable bonds is 5. The normalized spacial score (nSPS) is 12.4. The van der Waals surface area contributed by atoms with Crippen LogP contribution in [-0.2, 0) is 6.42 Å². The third-order valence-corrected chi connectivity index (χ3v) is 3.61. The molecule has 0 aliphatic carbocycles. The first-order chi connectivity index (χ1) is 9.15. The molecular weight excluding hydrogens is 277 g/mol. The standard InChI is InChI=1S/C16H17Cl2N/c1-12(14-3-2-4-16(18)11-14)19-10-9-13-5-7-15(17)8-6-13/h2-8,11-12,19H,9-10H2,1H3. The summed E-state index contributed by atoms with van der Waals surface area (Å²) in [5, 5.41) is 5.06. The van der Waals surface area contributed by atoms with E-state index in [1.807, 2.05) is 30.3 Å². The summed E-state index contributed by atoms with van der Waals surface area (Å²) >= 11 is 11.9. The third-order valence-electron chi connectivity index (χ3n) is 3.13. The van der Waals surface area contributed by atoms with Gasteiger partial charge in [0, 0.05) is 16.1 Å². The van der Waals surface area contributed by atoms with Crippen molar-refractivity contribution in [1.29, 1.82) is 0 Å². The van der Waals surface area contributed by atoms with Gasteiger partial charge in [-0.25, -0.2) is 0 Å². The molecular formula is C16H17Cl2N. The monoisotopic (exact) mass is 293 g/mol. The molecule has 0 saturated heterocycles. The molecule has 0 radical (unpaired) electrons. The van der Waals surface area contributed by atoms with Crippen LogP contribution < -0.4 is 5.32 Å². The van der Waals surface area contributed by atoms with E-state index in [-0.39, 0.29) is 0 Å². The Bertz CT molecular complexity index is 523. The third kappa shape index (κ3) is 4.54. The molecule has 1 unspecified atom stereocenters. The molecule has 0 amide bonds. The van der Waals surface area contributed by atoms with Gasteiger partial charge in [-0.1, -0.05) is 47.5 Å². The average molecular weight is 294 g/mol. The van der Waals surface area contributed by atoms with E-state index in [0.717, 1.165) is 23.0 Å². The molecule has 0 aromatic heterocycles. The largest absolute Gasteiger partial charge is 0.310 e. The summed E-state index contributed by atoms with van der Waals surface area (Å²) in [6.07, 6.45) is 0.988. The van der Waals surface area contributed by atoms with Gasteiger partial charge in [0.2, 0.25) is 0 Å². The lowest BCUT2D eigenvalue weighted by atomic mass is 10.1. The molecule has 0 aliphatic heterocycles. The van der Waals surface area contributed by atoms with Crippen LogP contribution in [0.4, 0.5) is 0 Å². The zero-order valence-corrected chi connectivity index (χ0v) is 12.4. The van der Waals surface area contributed by atoms with Crippen LogP contribution in [-0.4, -0.2) is 6.54 Å². The molecule has 0 saturated carbocycles. The van der Waals surface area contributed by atoms with E-state index >= 15 is 0 Å². The van der Waals surface area contributed by atoms with Gasteiger partial charge in [0.25, 0.3) is 0 Å². The van der Waals surface area contributed by atoms with Gasteiger partial charge >= 0.3 is 0 Å². The fraction of sp³-hybridized carbons (Fsp3) is 0.250.